The Morgan fingerprint density at radius 2 is 2.15 bits per heavy atom. The maximum absolute atomic E-state index is 11.4. The second-order valence-corrected chi connectivity index (χ2v) is 5.90. The highest BCUT2D eigenvalue weighted by Crippen LogP contribution is 2.47. The van der Waals surface area contributed by atoms with Crippen LogP contribution in [0.2, 0.25) is 0 Å². The molecule has 1 saturated heterocycles. The van der Waals surface area contributed by atoms with Crippen molar-refractivity contribution in [1.82, 2.24) is 4.98 Å². The van der Waals surface area contributed by atoms with Gasteiger partial charge in [-0.05, 0) is 37.8 Å². The zero-order valence-corrected chi connectivity index (χ0v) is 11.4. The van der Waals surface area contributed by atoms with Gasteiger partial charge in [-0.3, -0.25) is 9.78 Å². The van der Waals surface area contributed by atoms with Gasteiger partial charge in [-0.15, -0.1) is 0 Å². The van der Waals surface area contributed by atoms with E-state index in [9.17, 15) is 9.90 Å². The SMILES string of the molecule is O=C(O)CC1(c2ccccn2)CCOC2(CC=CC2)C1. The molecule has 1 atom stereocenters. The zero-order valence-electron chi connectivity index (χ0n) is 11.4. The van der Waals surface area contributed by atoms with Crippen molar-refractivity contribution in [2.45, 2.75) is 43.1 Å². The van der Waals surface area contributed by atoms with Crippen LogP contribution in [0.5, 0.6) is 0 Å². The number of hydrogen-bond acceptors (Lipinski definition) is 3. The Labute approximate surface area is 118 Å². The minimum Gasteiger partial charge on any atom is -0.481 e. The maximum Gasteiger partial charge on any atom is 0.304 e. The van der Waals surface area contributed by atoms with Crippen molar-refractivity contribution in [2.75, 3.05) is 6.61 Å². The Bertz CT molecular complexity index is 518. The van der Waals surface area contributed by atoms with Gasteiger partial charge in [0, 0.05) is 23.9 Å². The topological polar surface area (TPSA) is 59.4 Å². The summed E-state index contributed by atoms with van der Waals surface area (Å²) in [6.07, 6.45) is 9.34. The minimum absolute atomic E-state index is 0.120. The lowest BCUT2D eigenvalue weighted by atomic mass is 9.68. The first-order valence-electron chi connectivity index (χ1n) is 7.07. The standard InChI is InChI=1S/C16H19NO3/c18-14(19)11-15(13-5-1-4-9-17-13)8-10-20-16(12-15)6-2-3-7-16/h1-5,9H,6-8,10-12H2,(H,18,19). The van der Waals surface area contributed by atoms with Crippen LogP contribution in [0.15, 0.2) is 36.5 Å². The molecule has 1 aromatic rings. The number of rotatable bonds is 3. The fraction of sp³-hybridized carbons (Fsp3) is 0.500. The summed E-state index contributed by atoms with van der Waals surface area (Å²) in [5, 5.41) is 9.34. The van der Waals surface area contributed by atoms with Crippen LogP contribution in [0.1, 0.15) is 37.8 Å². The monoisotopic (exact) mass is 273 g/mol. The molecule has 1 unspecified atom stereocenters. The van der Waals surface area contributed by atoms with Crippen molar-refractivity contribution in [3.05, 3.63) is 42.2 Å². The average Bonchev–Trinajstić information content (AvgIpc) is 2.87. The highest BCUT2D eigenvalue weighted by atomic mass is 16.5. The molecule has 1 fully saturated rings. The molecular weight excluding hydrogens is 254 g/mol. The van der Waals surface area contributed by atoms with Gasteiger partial charge >= 0.3 is 5.97 Å². The van der Waals surface area contributed by atoms with Crippen LogP contribution in [0.3, 0.4) is 0 Å². The highest BCUT2D eigenvalue weighted by molar-refractivity contribution is 5.69. The van der Waals surface area contributed by atoms with Gasteiger partial charge in [0.25, 0.3) is 0 Å². The summed E-state index contributed by atoms with van der Waals surface area (Å²) in [7, 11) is 0. The molecule has 2 aliphatic rings. The van der Waals surface area contributed by atoms with Crippen LogP contribution in [0, 0.1) is 0 Å². The minimum atomic E-state index is -0.765. The number of carbonyl (C=O) groups is 1. The van der Waals surface area contributed by atoms with Crippen LogP contribution < -0.4 is 0 Å². The van der Waals surface area contributed by atoms with E-state index in [2.05, 4.69) is 17.1 Å². The first-order chi connectivity index (χ1) is 9.64. The number of hydrogen-bond donors (Lipinski definition) is 1. The van der Waals surface area contributed by atoms with Crippen molar-refractivity contribution in [2.24, 2.45) is 0 Å². The van der Waals surface area contributed by atoms with Crippen molar-refractivity contribution in [3.63, 3.8) is 0 Å². The van der Waals surface area contributed by atoms with Crippen LogP contribution in [0.25, 0.3) is 0 Å². The third-order valence-electron chi connectivity index (χ3n) is 4.49. The number of carboxylic acid groups (broad SMARTS) is 1. The highest BCUT2D eigenvalue weighted by Gasteiger charge is 2.48. The lowest BCUT2D eigenvalue weighted by molar-refractivity contribution is -0.143. The molecule has 2 heterocycles. The number of pyridine rings is 1. The van der Waals surface area contributed by atoms with Gasteiger partial charge < -0.3 is 9.84 Å². The number of aromatic nitrogens is 1. The average molecular weight is 273 g/mol. The summed E-state index contributed by atoms with van der Waals surface area (Å²) in [6, 6.07) is 5.75. The van der Waals surface area contributed by atoms with E-state index in [-0.39, 0.29) is 12.0 Å². The summed E-state index contributed by atoms with van der Waals surface area (Å²) in [6.45, 7) is 0.603. The van der Waals surface area contributed by atoms with E-state index in [1.54, 1.807) is 6.20 Å². The molecule has 1 aliphatic carbocycles. The third-order valence-corrected chi connectivity index (χ3v) is 4.49. The Morgan fingerprint density at radius 1 is 1.35 bits per heavy atom. The fourth-order valence-electron chi connectivity index (χ4n) is 3.59. The molecule has 1 aromatic heterocycles. The van der Waals surface area contributed by atoms with E-state index in [0.29, 0.717) is 6.61 Å². The van der Waals surface area contributed by atoms with Gasteiger partial charge in [-0.1, -0.05) is 18.2 Å². The van der Waals surface area contributed by atoms with Crippen molar-refractivity contribution in [3.8, 4) is 0 Å². The van der Waals surface area contributed by atoms with E-state index in [0.717, 1.165) is 31.4 Å². The molecule has 1 aliphatic heterocycles. The summed E-state index contributed by atoms with van der Waals surface area (Å²) >= 11 is 0. The predicted octanol–water partition coefficient (Wildman–Crippen LogP) is 2.69. The van der Waals surface area contributed by atoms with Crippen molar-refractivity contribution in [1.29, 1.82) is 0 Å². The van der Waals surface area contributed by atoms with Gasteiger partial charge in [0.15, 0.2) is 0 Å². The molecule has 1 N–H and O–H groups in total. The Morgan fingerprint density at radius 3 is 2.80 bits per heavy atom. The second-order valence-electron chi connectivity index (χ2n) is 5.90. The molecule has 0 radical (unpaired) electrons. The summed E-state index contributed by atoms with van der Waals surface area (Å²) < 4.78 is 6.00. The smallest absolute Gasteiger partial charge is 0.304 e. The van der Waals surface area contributed by atoms with E-state index in [1.807, 2.05) is 18.2 Å². The number of nitrogens with zero attached hydrogens (tertiary/aromatic N) is 1. The van der Waals surface area contributed by atoms with E-state index in [1.165, 1.54) is 0 Å². The van der Waals surface area contributed by atoms with Crippen LogP contribution in [-0.4, -0.2) is 28.3 Å². The Hall–Kier alpha value is -1.68. The molecule has 106 valence electrons. The summed E-state index contributed by atoms with van der Waals surface area (Å²) in [5.41, 5.74) is 0.264. The molecule has 1 spiro atoms. The molecule has 0 bridgehead atoms. The molecule has 0 amide bonds. The zero-order chi connectivity index (χ0) is 14.1. The predicted molar refractivity (Wildman–Crippen MR) is 74.5 cm³/mol. The van der Waals surface area contributed by atoms with Gasteiger partial charge in [0.1, 0.15) is 0 Å². The van der Waals surface area contributed by atoms with Crippen molar-refractivity contribution < 1.29 is 14.6 Å². The van der Waals surface area contributed by atoms with Gasteiger partial charge in [0.2, 0.25) is 0 Å². The lowest BCUT2D eigenvalue weighted by Crippen LogP contribution is -2.47. The van der Waals surface area contributed by atoms with Gasteiger partial charge in [-0.25, -0.2) is 0 Å². The van der Waals surface area contributed by atoms with Crippen molar-refractivity contribution >= 4 is 5.97 Å². The molecule has 3 rings (SSSR count). The maximum atomic E-state index is 11.4. The van der Waals surface area contributed by atoms with Crippen LogP contribution in [0.4, 0.5) is 0 Å². The van der Waals surface area contributed by atoms with E-state index >= 15 is 0 Å². The fourth-order valence-corrected chi connectivity index (χ4v) is 3.59. The second kappa shape index (κ2) is 5.02. The van der Waals surface area contributed by atoms with Gasteiger partial charge in [-0.2, -0.15) is 0 Å². The first-order valence-corrected chi connectivity index (χ1v) is 7.07. The first kappa shape index (κ1) is 13.3. The van der Waals surface area contributed by atoms with Crippen LogP contribution in [-0.2, 0) is 14.9 Å². The van der Waals surface area contributed by atoms with E-state index < -0.39 is 11.4 Å². The lowest BCUT2D eigenvalue weighted by Gasteiger charge is -2.45. The molecule has 0 aromatic carbocycles. The molecule has 4 heteroatoms. The number of carboxylic acids is 1. The third kappa shape index (κ3) is 2.36. The number of ether oxygens (including phenoxy) is 1. The molecule has 0 saturated carbocycles. The normalized spacial score (nSPS) is 27.8. The number of aliphatic carboxylic acids is 1. The Kier molecular flexibility index (Phi) is 3.34. The quantitative estimate of drug-likeness (QED) is 0.860. The Balaban J connectivity index is 1.95. The largest absolute Gasteiger partial charge is 0.481 e. The summed E-state index contributed by atoms with van der Waals surface area (Å²) in [4.78, 5) is 15.8. The molecule has 4 nitrogen and oxygen atoms in total. The van der Waals surface area contributed by atoms with Gasteiger partial charge in [0.05, 0.1) is 12.0 Å². The molecular formula is C16H19NO3. The summed E-state index contributed by atoms with van der Waals surface area (Å²) in [5.74, 6) is -0.765. The molecule has 20 heavy (non-hydrogen) atoms. The van der Waals surface area contributed by atoms with E-state index in [4.69, 9.17) is 4.74 Å². The van der Waals surface area contributed by atoms with Crippen LogP contribution >= 0.6 is 0 Å².